The average Bonchev–Trinajstić information content (AvgIpc) is 2.42. The van der Waals surface area contributed by atoms with Gasteiger partial charge in [0.25, 0.3) is 0 Å². The number of allylic oxidation sites excluding steroid dienone is 7. The van der Waals surface area contributed by atoms with Gasteiger partial charge in [-0.25, -0.2) is 0 Å². The molecule has 0 unspecified atom stereocenters. The van der Waals surface area contributed by atoms with Gasteiger partial charge in [0, 0.05) is 12.6 Å². The van der Waals surface area contributed by atoms with E-state index in [1.807, 2.05) is 24.3 Å². The summed E-state index contributed by atoms with van der Waals surface area (Å²) in [5.74, 6) is -0.207. The lowest BCUT2D eigenvalue weighted by atomic mass is 10.1. The summed E-state index contributed by atoms with van der Waals surface area (Å²) in [7, 11) is 0. The zero-order valence-corrected chi connectivity index (χ0v) is 13.5. The van der Waals surface area contributed by atoms with Crippen molar-refractivity contribution < 1.29 is 9.90 Å². The summed E-state index contributed by atoms with van der Waals surface area (Å²) in [5.41, 5.74) is -0.883. The van der Waals surface area contributed by atoms with E-state index in [1.165, 1.54) is 25.3 Å². The molecule has 3 heteroatoms. The largest absolute Gasteiger partial charge is 0.389 e. The maximum atomic E-state index is 11.4. The topological polar surface area (TPSA) is 49.3 Å². The number of rotatable bonds is 10. The molecule has 0 aliphatic heterocycles. The standard InChI is InChI=1S/C18H29NO2/c1-4-5-6-7-8-9-10-11-12-13-14-15-17(20)19-16-18(2,3)21/h8-15,21H,4-7,16H2,1-3H3,(H,19,20)/b9-8-,11-10+,13-12+,15-14+. The maximum absolute atomic E-state index is 11.4. The molecule has 2 N–H and O–H groups in total. The van der Waals surface area contributed by atoms with E-state index in [2.05, 4.69) is 18.3 Å². The predicted octanol–water partition coefficient (Wildman–Crippen LogP) is 3.68. The van der Waals surface area contributed by atoms with Crippen molar-refractivity contribution in [3.63, 3.8) is 0 Å². The quantitative estimate of drug-likeness (QED) is 0.366. The molecule has 0 aromatic carbocycles. The number of carbonyl (C=O) groups excluding carboxylic acids is 1. The third-order valence-corrected chi connectivity index (χ3v) is 2.61. The molecule has 0 heterocycles. The van der Waals surface area contributed by atoms with Crippen molar-refractivity contribution in [3.8, 4) is 0 Å². The Morgan fingerprint density at radius 2 is 1.67 bits per heavy atom. The fraction of sp³-hybridized carbons (Fsp3) is 0.500. The molecule has 0 rings (SSSR count). The van der Waals surface area contributed by atoms with E-state index in [0.717, 1.165) is 6.42 Å². The van der Waals surface area contributed by atoms with Gasteiger partial charge in [0.1, 0.15) is 0 Å². The smallest absolute Gasteiger partial charge is 0.244 e. The number of aliphatic hydroxyl groups is 1. The van der Waals surface area contributed by atoms with E-state index >= 15 is 0 Å². The molecule has 0 atom stereocenters. The number of hydrogen-bond acceptors (Lipinski definition) is 2. The van der Waals surface area contributed by atoms with Crippen LogP contribution in [0.15, 0.2) is 48.6 Å². The Labute approximate surface area is 129 Å². The first-order chi connectivity index (χ1) is 9.95. The lowest BCUT2D eigenvalue weighted by molar-refractivity contribution is -0.117. The SMILES string of the molecule is CCCCC\C=C/C=C/C=C/C=C/C(=O)NCC(C)(C)O. The summed E-state index contributed by atoms with van der Waals surface area (Å²) in [6.45, 7) is 5.74. The van der Waals surface area contributed by atoms with Crippen molar-refractivity contribution >= 4 is 5.91 Å². The van der Waals surface area contributed by atoms with Crippen LogP contribution in [0, 0.1) is 0 Å². The van der Waals surface area contributed by atoms with E-state index in [4.69, 9.17) is 0 Å². The Bertz CT molecular complexity index is 385. The van der Waals surface area contributed by atoms with Gasteiger partial charge in [0.15, 0.2) is 0 Å². The lowest BCUT2D eigenvalue weighted by Crippen LogP contribution is -2.37. The van der Waals surface area contributed by atoms with Crippen LogP contribution in [0.25, 0.3) is 0 Å². The van der Waals surface area contributed by atoms with Gasteiger partial charge in [-0.2, -0.15) is 0 Å². The minimum Gasteiger partial charge on any atom is -0.389 e. The number of carbonyl (C=O) groups is 1. The van der Waals surface area contributed by atoms with Gasteiger partial charge in [-0.15, -0.1) is 0 Å². The van der Waals surface area contributed by atoms with Gasteiger partial charge in [0.05, 0.1) is 5.60 Å². The third-order valence-electron chi connectivity index (χ3n) is 2.61. The van der Waals surface area contributed by atoms with Gasteiger partial charge in [0.2, 0.25) is 5.91 Å². The first kappa shape index (κ1) is 19.4. The highest BCUT2D eigenvalue weighted by molar-refractivity contribution is 5.87. The molecule has 21 heavy (non-hydrogen) atoms. The Balaban J connectivity index is 3.79. The van der Waals surface area contributed by atoms with Crippen LogP contribution in [-0.2, 0) is 4.79 Å². The highest BCUT2D eigenvalue weighted by Crippen LogP contribution is 1.99. The van der Waals surface area contributed by atoms with Crippen LogP contribution >= 0.6 is 0 Å². The third kappa shape index (κ3) is 16.3. The number of unbranched alkanes of at least 4 members (excludes halogenated alkanes) is 3. The molecule has 0 fully saturated rings. The highest BCUT2D eigenvalue weighted by Gasteiger charge is 2.12. The first-order valence-electron chi connectivity index (χ1n) is 7.62. The first-order valence-corrected chi connectivity index (χ1v) is 7.62. The van der Waals surface area contributed by atoms with Gasteiger partial charge < -0.3 is 10.4 Å². The van der Waals surface area contributed by atoms with E-state index < -0.39 is 5.60 Å². The second-order valence-electron chi connectivity index (χ2n) is 5.58. The van der Waals surface area contributed by atoms with E-state index in [0.29, 0.717) is 0 Å². The van der Waals surface area contributed by atoms with Crippen LogP contribution in [0.2, 0.25) is 0 Å². The molecular formula is C18H29NO2. The van der Waals surface area contributed by atoms with Crippen molar-refractivity contribution in [3.05, 3.63) is 48.6 Å². The van der Waals surface area contributed by atoms with Crippen molar-refractivity contribution in [2.75, 3.05) is 6.54 Å². The van der Waals surface area contributed by atoms with Crippen LogP contribution in [0.1, 0.15) is 46.5 Å². The summed E-state index contributed by atoms with van der Waals surface area (Å²) in [6.07, 6.45) is 19.8. The van der Waals surface area contributed by atoms with Gasteiger partial charge in [-0.05, 0) is 26.7 Å². The van der Waals surface area contributed by atoms with E-state index in [-0.39, 0.29) is 12.5 Å². The molecule has 0 aliphatic carbocycles. The summed E-state index contributed by atoms with van der Waals surface area (Å²) in [6, 6.07) is 0. The zero-order valence-electron chi connectivity index (χ0n) is 13.5. The molecule has 0 radical (unpaired) electrons. The predicted molar refractivity (Wildman–Crippen MR) is 90.0 cm³/mol. The van der Waals surface area contributed by atoms with Crippen molar-refractivity contribution in [2.45, 2.75) is 52.1 Å². The minimum absolute atomic E-state index is 0.207. The molecule has 118 valence electrons. The highest BCUT2D eigenvalue weighted by atomic mass is 16.3. The number of nitrogens with one attached hydrogen (secondary N) is 1. The van der Waals surface area contributed by atoms with Crippen LogP contribution in [0.4, 0.5) is 0 Å². The molecule has 0 saturated carbocycles. The van der Waals surface area contributed by atoms with Crippen LogP contribution < -0.4 is 5.32 Å². The molecule has 0 aromatic heterocycles. The summed E-state index contributed by atoms with van der Waals surface area (Å²) < 4.78 is 0. The Morgan fingerprint density at radius 3 is 2.29 bits per heavy atom. The number of hydrogen-bond donors (Lipinski definition) is 2. The van der Waals surface area contributed by atoms with Gasteiger partial charge >= 0.3 is 0 Å². The normalized spacial score (nSPS) is 13.1. The van der Waals surface area contributed by atoms with Crippen molar-refractivity contribution in [1.29, 1.82) is 0 Å². The van der Waals surface area contributed by atoms with Gasteiger partial charge in [-0.1, -0.05) is 62.3 Å². The van der Waals surface area contributed by atoms with Crippen molar-refractivity contribution in [1.82, 2.24) is 5.32 Å². The molecule has 3 nitrogen and oxygen atoms in total. The summed E-state index contributed by atoms with van der Waals surface area (Å²) >= 11 is 0. The Kier molecular flexibility index (Phi) is 11.2. The Hall–Kier alpha value is -1.61. The summed E-state index contributed by atoms with van der Waals surface area (Å²) in [5, 5.41) is 12.1. The van der Waals surface area contributed by atoms with Crippen LogP contribution in [-0.4, -0.2) is 23.2 Å². The molecule has 0 bridgehead atoms. The second-order valence-corrected chi connectivity index (χ2v) is 5.58. The molecule has 0 aromatic rings. The van der Waals surface area contributed by atoms with Crippen LogP contribution in [0.3, 0.4) is 0 Å². The fourth-order valence-corrected chi connectivity index (χ4v) is 1.45. The Morgan fingerprint density at radius 1 is 1.05 bits per heavy atom. The van der Waals surface area contributed by atoms with Gasteiger partial charge in [-0.3, -0.25) is 4.79 Å². The van der Waals surface area contributed by atoms with Crippen molar-refractivity contribution in [2.24, 2.45) is 0 Å². The second kappa shape index (κ2) is 12.2. The molecule has 1 amide bonds. The molecule has 0 saturated heterocycles. The van der Waals surface area contributed by atoms with E-state index in [9.17, 15) is 9.90 Å². The molecule has 0 aliphatic rings. The average molecular weight is 291 g/mol. The van der Waals surface area contributed by atoms with Crippen LogP contribution in [0.5, 0.6) is 0 Å². The summed E-state index contributed by atoms with van der Waals surface area (Å²) in [4.78, 5) is 11.4. The fourth-order valence-electron chi connectivity index (χ4n) is 1.45. The monoisotopic (exact) mass is 291 g/mol. The zero-order chi connectivity index (χ0) is 16.0. The maximum Gasteiger partial charge on any atom is 0.244 e. The molecule has 0 spiro atoms. The minimum atomic E-state index is -0.883. The molecular weight excluding hydrogens is 262 g/mol. The number of amides is 1. The van der Waals surface area contributed by atoms with E-state index in [1.54, 1.807) is 26.0 Å². The lowest BCUT2D eigenvalue weighted by Gasteiger charge is -2.16.